The lowest BCUT2D eigenvalue weighted by atomic mass is 10.2. The average molecular weight is 299 g/mol. The van der Waals surface area contributed by atoms with Crippen molar-refractivity contribution in [1.29, 1.82) is 0 Å². The first-order valence-electron chi connectivity index (χ1n) is 6.25. The molecule has 2 heterocycles. The van der Waals surface area contributed by atoms with Gasteiger partial charge in [-0.05, 0) is 0 Å². The minimum Gasteiger partial charge on any atom is -0.389 e. The Kier molecular flexibility index (Phi) is 3.41. The van der Waals surface area contributed by atoms with Crippen LogP contribution in [0.3, 0.4) is 0 Å². The van der Waals surface area contributed by atoms with Crippen LogP contribution in [0.4, 0.5) is 10.7 Å². The molecule has 6 nitrogen and oxygen atoms in total. The predicted octanol–water partition coefficient (Wildman–Crippen LogP) is 2.38. The maximum atomic E-state index is 12.2. The largest absolute Gasteiger partial charge is 0.389 e. The summed E-state index contributed by atoms with van der Waals surface area (Å²) >= 11 is 1.30. The second-order valence-corrected chi connectivity index (χ2v) is 5.49. The summed E-state index contributed by atoms with van der Waals surface area (Å²) < 4.78 is 1.61. The number of aromatic nitrogens is 3. The number of anilines is 2. The second kappa shape index (κ2) is 5.37. The van der Waals surface area contributed by atoms with Crippen LogP contribution in [0.1, 0.15) is 10.5 Å². The van der Waals surface area contributed by atoms with E-state index < -0.39 is 0 Å². The van der Waals surface area contributed by atoms with E-state index in [0.29, 0.717) is 10.7 Å². The molecule has 1 amide bonds. The maximum absolute atomic E-state index is 12.2. The van der Waals surface area contributed by atoms with Crippen LogP contribution < -0.4 is 11.1 Å². The van der Waals surface area contributed by atoms with Gasteiger partial charge in [0.05, 0.1) is 11.9 Å². The summed E-state index contributed by atoms with van der Waals surface area (Å²) in [4.78, 5) is 16.5. The van der Waals surface area contributed by atoms with E-state index in [2.05, 4.69) is 15.4 Å². The van der Waals surface area contributed by atoms with Gasteiger partial charge in [0.25, 0.3) is 5.91 Å². The summed E-state index contributed by atoms with van der Waals surface area (Å²) in [6, 6.07) is 9.63. The predicted molar refractivity (Wildman–Crippen MR) is 83.1 cm³/mol. The highest BCUT2D eigenvalue weighted by Gasteiger charge is 2.17. The van der Waals surface area contributed by atoms with Crippen LogP contribution in [0.25, 0.3) is 10.6 Å². The van der Waals surface area contributed by atoms with Crippen molar-refractivity contribution in [3.63, 3.8) is 0 Å². The number of nitrogen functional groups attached to an aromatic ring is 1. The quantitative estimate of drug-likeness (QED) is 0.777. The van der Waals surface area contributed by atoms with Crippen LogP contribution >= 0.6 is 11.3 Å². The number of nitrogens with one attached hydrogen (secondary N) is 1. The van der Waals surface area contributed by atoms with Gasteiger partial charge >= 0.3 is 0 Å². The van der Waals surface area contributed by atoms with E-state index in [-0.39, 0.29) is 11.6 Å². The third kappa shape index (κ3) is 2.77. The zero-order valence-corrected chi connectivity index (χ0v) is 12.1. The normalized spacial score (nSPS) is 10.5. The van der Waals surface area contributed by atoms with Crippen molar-refractivity contribution in [2.45, 2.75) is 0 Å². The van der Waals surface area contributed by atoms with Crippen LogP contribution in [0.5, 0.6) is 0 Å². The van der Waals surface area contributed by atoms with Crippen molar-refractivity contribution in [2.24, 2.45) is 7.05 Å². The molecular weight excluding hydrogens is 286 g/mol. The SMILES string of the molecule is Cn1cc(NC(=O)c2nc(-c3ccccc3)sc2N)cn1. The van der Waals surface area contributed by atoms with Crippen molar-refractivity contribution >= 4 is 27.9 Å². The average Bonchev–Trinajstić information content (AvgIpc) is 3.06. The van der Waals surface area contributed by atoms with Crippen LogP contribution in [-0.2, 0) is 7.05 Å². The van der Waals surface area contributed by atoms with E-state index in [1.165, 1.54) is 11.3 Å². The molecule has 0 aliphatic rings. The fourth-order valence-corrected chi connectivity index (χ4v) is 2.71. The third-order valence-corrected chi connectivity index (χ3v) is 3.79. The Morgan fingerprint density at radius 2 is 2.10 bits per heavy atom. The Morgan fingerprint density at radius 1 is 1.33 bits per heavy atom. The van der Waals surface area contributed by atoms with E-state index in [1.54, 1.807) is 24.1 Å². The third-order valence-electron chi connectivity index (χ3n) is 2.85. The fourth-order valence-electron chi connectivity index (χ4n) is 1.87. The molecule has 21 heavy (non-hydrogen) atoms. The number of aryl methyl sites for hydroxylation is 1. The number of hydrogen-bond donors (Lipinski definition) is 2. The van der Waals surface area contributed by atoms with Gasteiger partial charge in [-0.1, -0.05) is 41.7 Å². The van der Waals surface area contributed by atoms with Gasteiger partial charge in [-0.2, -0.15) is 5.10 Å². The van der Waals surface area contributed by atoms with Gasteiger partial charge in [0.1, 0.15) is 10.0 Å². The Balaban J connectivity index is 1.86. The lowest BCUT2D eigenvalue weighted by Gasteiger charge is -1.99. The molecule has 2 aromatic heterocycles. The number of nitrogens with two attached hydrogens (primary N) is 1. The van der Waals surface area contributed by atoms with Crippen molar-refractivity contribution < 1.29 is 4.79 Å². The monoisotopic (exact) mass is 299 g/mol. The first-order chi connectivity index (χ1) is 10.1. The summed E-state index contributed by atoms with van der Waals surface area (Å²) in [7, 11) is 1.78. The molecule has 0 fully saturated rings. The molecule has 0 saturated heterocycles. The number of carbonyl (C=O) groups is 1. The number of thiazole rings is 1. The molecular formula is C14H13N5OS. The van der Waals surface area contributed by atoms with Crippen molar-refractivity contribution in [1.82, 2.24) is 14.8 Å². The first-order valence-corrected chi connectivity index (χ1v) is 7.07. The van der Waals surface area contributed by atoms with Gasteiger partial charge in [-0.25, -0.2) is 4.98 Å². The number of benzene rings is 1. The number of rotatable bonds is 3. The van der Waals surface area contributed by atoms with Crippen LogP contribution in [0.15, 0.2) is 42.7 Å². The number of hydrogen-bond acceptors (Lipinski definition) is 5. The number of nitrogens with zero attached hydrogens (tertiary/aromatic N) is 3. The molecule has 3 aromatic rings. The highest BCUT2D eigenvalue weighted by atomic mass is 32.1. The summed E-state index contributed by atoms with van der Waals surface area (Å²) in [6.07, 6.45) is 3.27. The highest BCUT2D eigenvalue weighted by Crippen LogP contribution is 2.30. The fraction of sp³-hybridized carbons (Fsp3) is 0.0714. The molecule has 7 heteroatoms. The molecule has 0 aliphatic heterocycles. The standard InChI is InChI=1S/C14H13N5OS/c1-19-8-10(7-16-19)17-13(20)11-12(15)21-14(18-11)9-5-3-2-4-6-9/h2-8H,15H2,1H3,(H,17,20). The number of carbonyl (C=O) groups excluding carboxylic acids is 1. The van der Waals surface area contributed by atoms with E-state index in [1.807, 2.05) is 30.3 Å². The molecule has 0 atom stereocenters. The smallest absolute Gasteiger partial charge is 0.277 e. The van der Waals surface area contributed by atoms with E-state index in [4.69, 9.17) is 5.73 Å². The van der Waals surface area contributed by atoms with Crippen molar-refractivity contribution in [3.8, 4) is 10.6 Å². The lowest BCUT2D eigenvalue weighted by Crippen LogP contribution is -2.13. The van der Waals surface area contributed by atoms with Gasteiger partial charge in [0.15, 0.2) is 5.69 Å². The highest BCUT2D eigenvalue weighted by molar-refractivity contribution is 7.19. The Hall–Kier alpha value is -2.67. The van der Waals surface area contributed by atoms with E-state index in [9.17, 15) is 4.79 Å². The zero-order chi connectivity index (χ0) is 14.8. The minimum absolute atomic E-state index is 0.239. The Labute approximate surface area is 125 Å². The summed E-state index contributed by atoms with van der Waals surface area (Å²) in [5, 5.41) is 7.84. The molecule has 0 spiro atoms. The molecule has 0 bridgehead atoms. The molecule has 0 unspecified atom stereocenters. The summed E-state index contributed by atoms with van der Waals surface area (Å²) in [5.41, 5.74) is 7.70. The van der Waals surface area contributed by atoms with Gasteiger partial charge in [0, 0.05) is 18.8 Å². The topological polar surface area (TPSA) is 85.8 Å². The number of amides is 1. The molecule has 0 aliphatic carbocycles. The van der Waals surface area contributed by atoms with Crippen molar-refractivity contribution in [2.75, 3.05) is 11.1 Å². The van der Waals surface area contributed by atoms with Gasteiger partial charge in [-0.15, -0.1) is 0 Å². The van der Waals surface area contributed by atoms with E-state index in [0.717, 1.165) is 10.6 Å². The van der Waals surface area contributed by atoms with Crippen molar-refractivity contribution in [3.05, 3.63) is 48.4 Å². The molecule has 1 aromatic carbocycles. The summed E-state index contributed by atoms with van der Waals surface area (Å²) in [5.74, 6) is -0.334. The molecule has 0 saturated carbocycles. The van der Waals surface area contributed by atoms with Crippen LogP contribution in [0.2, 0.25) is 0 Å². The zero-order valence-electron chi connectivity index (χ0n) is 11.3. The first kappa shape index (κ1) is 13.3. The molecule has 3 rings (SSSR count). The Bertz CT molecular complexity index is 778. The maximum Gasteiger partial charge on any atom is 0.277 e. The van der Waals surface area contributed by atoms with Gasteiger partial charge < -0.3 is 11.1 Å². The minimum atomic E-state index is -0.334. The second-order valence-electron chi connectivity index (χ2n) is 4.45. The van der Waals surface area contributed by atoms with Gasteiger partial charge in [-0.3, -0.25) is 9.48 Å². The molecule has 3 N–H and O–H groups in total. The van der Waals surface area contributed by atoms with Crippen LogP contribution in [0, 0.1) is 0 Å². The van der Waals surface area contributed by atoms with Crippen LogP contribution in [-0.4, -0.2) is 20.7 Å². The van der Waals surface area contributed by atoms with Gasteiger partial charge in [0.2, 0.25) is 0 Å². The Morgan fingerprint density at radius 3 is 2.76 bits per heavy atom. The van der Waals surface area contributed by atoms with E-state index >= 15 is 0 Å². The summed E-state index contributed by atoms with van der Waals surface area (Å²) in [6.45, 7) is 0. The molecule has 106 valence electrons. The lowest BCUT2D eigenvalue weighted by molar-refractivity contribution is 0.102. The molecule has 0 radical (unpaired) electrons.